The van der Waals surface area contributed by atoms with Crippen molar-refractivity contribution < 1.29 is 8.78 Å². The van der Waals surface area contributed by atoms with E-state index in [1.807, 2.05) is 26.0 Å². The van der Waals surface area contributed by atoms with Crippen molar-refractivity contribution in [1.82, 2.24) is 9.97 Å². The van der Waals surface area contributed by atoms with Crippen LogP contribution in [0.2, 0.25) is 5.15 Å². The lowest BCUT2D eigenvalue weighted by molar-refractivity contribution is 0.584. The lowest BCUT2D eigenvalue weighted by Crippen LogP contribution is -1.95. The van der Waals surface area contributed by atoms with Crippen LogP contribution in [-0.2, 0) is 0 Å². The molecule has 1 heterocycles. The highest BCUT2D eigenvalue weighted by Gasteiger charge is 2.12. The molecule has 2 nitrogen and oxygen atoms in total. The minimum atomic E-state index is -0.676. The molecular formula is C16H11ClF2N2. The zero-order valence-corrected chi connectivity index (χ0v) is 12.2. The third-order valence-corrected chi connectivity index (χ3v) is 3.49. The Morgan fingerprint density at radius 3 is 2.24 bits per heavy atom. The second-order valence-corrected chi connectivity index (χ2v) is 5.33. The first-order chi connectivity index (χ1) is 9.94. The lowest BCUT2D eigenvalue weighted by Gasteiger charge is -2.08. The van der Waals surface area contributed by atoms with Gasteiger partial charge in [-0.15, -0.1) is 0 Å². The molecule has 0 saturated carbocycles. The molecule has 0 spiro atoms. The molecule has 0 atom stereocenters. The van der Waals surface area contributed by atoms with E-state index in [0.717, 1.165) is 22.6 Å². The Kier molecular flexibility index (Phi) is 3.33. The van der Waals surface area contributed by atoms with Crippen LogP contribution in [0, 0.1) is 25.5 Å². The van der Waals surface area contributed by atoms with Gasteiger partial charge in [-0.1, -0.05) is 17.7 Å². The molecule has 3 aromatic rings. The summed E-state index contributed by atoms with van der Waals surface area (Å²) in [5.74, 6) is -1.15. The average Bonchev–Trinajstić information content (AvgIpc) is 2.35. The molecule has 0 bridgehead atoms. The summed E-state index contributed by atoms with van der Waals surface area (Å²) < 4.78 is 26.7. The van der Waals surface area contributed by atoms with Crippen molar-refractivity contribution in [1.29, 1.82) is 0 Å². The van der Waals surface area contributed by atoms with Crippen LogP contribution in [0.25, 0.3) is 22.3 Å². The molecule has 21 heavy (non-hydrogen) atoms. The molecule has 2 aromatic carbocycles. The van der Waals surface area contributed by atoms with Crippen molar-refractivity contribution in [2.45, 2.75) is 13.8 Å². The predicted octanol–water partition coefficient (Wildman–Crippen LogP) is 4.85. The molecule has 0 fully saturated rings. The van der Waals surface area contributed by atoms with Gasteiger partial charge in [0.05, 0.1) is 5.52 Å². The van der Waals surface area contributed by atoms with Crippen LogP contribution < -0.4 is 0 Å². The maximum atomic E-state index is 13.3. The number of aromatic nitrogens is 2. The van der Waals surface area contributed by atoms with E-state index in [1.165, 1.54) is 12.1 Å². The van der Waals surface area contributed by atoms with Gasteiger partial charge < -0.3 is 0 Å². The molecule has 0 saturated heterocycles. The van der Waals surface area contributed by atoms with E-state index < -0.39 is 11.6 Å². The van der Waals surface area contributed by atoms with Crippen molar-refractivity contribution in [3.63, 3.8) is 0 Å². The fourth-order valence-electron chi connectivity index (χ4n) is 2.40. The van der Waals surface area contributed by atoms with E-state index in [4.69, 9.17) is 11.6 Å². The maximum absolute atomic E-state index is 13.3. The van der Waals surface area contributed by atoms with Gasteiger partial charge in [0.25, 0.3) is 0 Å². The van der Waals surface area contributed by atoms with Crippen LogP contribution in [0.15, 0.2) is 30.3 Å². The normalized spacial score (nSPS) is 11.1. The van der Waals surface area contributed by atoms with Gasteiger partial charge >= 0.3 is 0 Å². The Morgan fingerprint density at radius 1 is 0.905 bits per heavy atom. The summed E-state index contributed by atoms with van der Waals surface area (Å²) in [6.07, 6.45) is 0. The second-order valence-electron chi connectivity index (χ2n) is 4.97. The number of halogens is 3. The first kappa shape index (κ1) is 13.9. The van der Waals surface area contributed by atoms with Crippen molar-refractivity contribution in [3.8, 4) is 11.4 Å². The molecule has 0 aliphatic carbocycles. The summed E-state index contributed by atoms with van der Waals surface area (Å²) in [6, 6.07) is 7.03. The number of aryl methyl sites for hydroxylation is 2. The highest BCUT2D eigenvalue weighted by molar-refractivity contribution is 6.34. The molecule has 0 N–H and O–H groups in total. The minimum Gasteiger partial charge on any atom is -0.228 e. The lowest BCUT2D eigenvalue weighted by atomic mass is 10.1. The third kappa shape index (κ3) is 2.59. The van der Waals surface area contributed by atoms with Crippen LogP contribution in [0.3, 0.4) is 0 Å². The Labute approximate surface area is 125 Å². The molecule has 106 valence electrons. The topological polar surface area (TPSA) is 25.8 Å². The van der Waals surface area contributed by atoms with Crippen molar-refractivity contribution in [3.05, 3.63) is 58.2 Å². The molecule has 0 unspecified atom stereocenters. The number of benzene rings is 2. The highest BCUT2D eigenvalue weighted by atomic mass is 35.5. The number of fused-ring (bicyclic) bond motifs is 1. The number of hydrogen-bond acceptors (Lipinski definition) is 2. The molecule has 0 radical (unpaired) electrons. The minimum absolute atomic E-state index is 0.205. The van der Waals surface area contributed by atoms with Gasteiger partial charge in [0.2, 0.25) is 0 Å². The van der Waals surface area contributed by atoms with Crippen LogP contribution in [0.4, 0.5) is 8.78 Å². The Balaban J connectivity index is 2.29. The fraction of sp³-hybridized carbons (Fsp3) is 0.125. The van der Waals surface area contributed by atoms with Gasteiger partial charge in [0.15, 0.2) is 5.82 Å². The second kappa shape index (κ2) is 5.04. The van der Waals surface area contributed by atoms with Gasteiger partial charge in [-0.3, -0.25) is 0 Å². The summed E-state index contributed by atoms with van der Waals surface area (Å²) >= 11 is 6.21. The summed E-state index contributed by atoms with van der Waals surface area (Å²) in [5, 5.41) is 1.03. The molecule has 0 amide bonds. The van der Waals surface area contributed by atoms with Crippen molar-refractivity contribution >= 4 is 22.5 Å². The summed E-state index contributed by atoms with van der Waals surface area (Å²) in [4.78, 5) is 8.55. The zero-order valence-electron chi connectivity index (χ0n) is 11.4. The Hall–Kier alpha value is -2.07. The molecule has 5 heteroatoms. The monoisotopic (exact) mass is 304 g/mol. The molecule has 1 aromatic heterocycles. The van der Waals surface area contributed by atoms with E-state index in [0.29, 0.717) is 5.52 Å². The average molecular weight is 305 g/mol. The quantitative estimate of drug-likeness (QED) is 0.601. The van der Waals surface area contributed by atoms with Crippen LogP contribution >= 0.6 is 11.6 Å². The van der Waals surface area contributed by atoms with Gasteiger partial charge in [0.1, 0.15) is 16.8 Å². The first-order valence-electron chi connectivity index (χ1n) is 6.35. The Morgan fingerprint density at radius 2 is 1.57 bits per heavy atom. The smallest absolute Gasteiger partial charge is 0.161 e. The first-order valence-corrected chi connectivity index (χ1v) is 6.73. The maximum Gasteiger partial charge on any atom is 0.161 e. The highest BCUT2D eigenvalue weighted by Crippen LogP contribution is 2.28. The summed E-state index contributed by atoms with van der Waals surface area (Å²) in [6.45, 7) is 3.87. The molecule has 0 aliphatic rings. The SMILES string of the molecule is Cc1cc(C)c2c(Cl)nc(-c3cc(F)cc(F)c3)nc2c1. The zero-order chi connectivity index (χ0) is 15.1. The van der Waals surface area contributed by atoms with Crippen molar-refractivity contribution in [2.24, 2.45) is 0 Å². The van der Waals surface area contributed by atoms with E-state index in [1.54, 1.807) is 0 Å². The van der Waals surface area contributed by atoms with Crippen LogP contribution in [0.1, 0.15) is 11.1 Å². The van der Waals surface area contributed by atoms with Crippen molar-refractivity contribution in [2.75, 3.05) is 0 Å². The largest absolute Gasteiger partial charge is 0.228 e. The third-order valence-electron chi connectivity index (χ3n) is 3.22. The van der Waals surface area contributed by atoms with E-state index >= 15 is 0 Å². The van der Waals surface area contributed by atoms with Gasteiger partial charge in [0, 0.05) is 17.0 Å². The summed E-state index contributed by atoms with van der Waals surface area (Å²) in [7, 11) is 0. The van der Waals surface area contributed by atoms with Crippen LogP contribution in [-0.4, -0.2) is 9.97 Å². The summed E-state index contributed by atoms with van der Waals surface area (Å²) in [5.41, 5.74) is 2.92. The van der Waals surface area contributed by atoms with Crippen LogP contribution in [0.5, 0.6) is 0 Å². The van der Waals surface area contributed by atoms with E-state index in [9.17, 15) is 8.78 Å². The van der Waals surface area contributed by atoms with Gasteiger partial charge in [-0.25, -0.2) is 18.7 Å². The molecular weight excluding hydrogens is 294 g/mol. The Bertz CT molecular complexity index is 842. The fourth-order valence-corrected chi connectivity index (χ4v) is 2.73. The number of nitrogens with zero attached hydrogens (tertiary/aromatic N) is 2. The van der Waals surface area contributed by atoms with Gasteiger partial charge in [-0.2, -0.15) is 0 Å². The standard InChI is InChI=1S/C16H11ClF2N2/c1-8-3-9(2)14-13(4-8)20-16(21-15(14)17)10-5-11(18)7-12(19)6-10/h3-7H,1-2H3. The van der Waals surface area contributed by atoms with E-state index in [2.05, 4.69) is 9.97 Å². The van der Waals surface area contributed by atoms with E-state index in [-0.39, 0.29) is 16.5 Å². The predicted molar refractivity (Wildman–Crippen MR) is 79.4 cm³/mol. The van der Waals surface area contributed by atoms with Gasteiger partial charge in [-0.05, 0) is 43.2 Å². The number of hydrogen-bond donors (Lipinski definition) is 0. The molecule has 3 rings (SSSR count). The number of rotatable bonds is 1. The molecule has 0 aliphatic heterocycles.